The quantitative estimate of drug-likeness (QED) is 0.872. The van der Waals surface area contributed by atoms with E-state index in [1.807, 2.05) is 11.8 Å². The van der Waals surface area contributed by atoms with Crippen LogP contribution in [0.5, 0.6) is 0 Å². The summed E-state index contributed by atoms with van der Waals surface area (Å²) in [4.78, 5) is 15.4. The first-order valence-corrected chi connectivity index (χ1v) is 8.34. The largest absolute Gasteiger partial charge is 0.338 e. The van der Waals surface area contributed by atoms with Gasteiger partial charge >= 0.3 is 0 Å². The topological polar surface area (TPSA) is 58.1 Å². The summed E-state index contributed by atoms with van der Waals surface area (Å²) in [6.45, 7) is 7.93. The molecule has 1 aromatic heterocycles. The van der Waals surface area contributed by atoms with Crippen molar-refractivity contribution in [3.05, 3.63) is 10.6 Å². The third-order valence-electron chi connectivity index (χ3n) is 3.74. The number of carbonyl (C=O) groups excluding carboxylic acids is 1. The Morgan fingerprint density at radius 3 is 3.00 bits per heavy atom. The minimum atomic E-state index is 0.115. The van der Waals surface area contributed by atoms with Gasteiger partial charge in [-0.1, -0.05) is 18.3 Å². The van der Waals surface area contributed by atoms with Crippen molar-refractivity contribution in [2.75, 3.05) is 26.2 Å². The van der Waals surface area contributed by atoms with Crippen LogP contribution >= 0.6 is 11.5 Å². The van der Waals surface area contributed by atoms with Crippen LogP contribution in [0.4, 0.5) is 0 Å². The molecule has 2 heterocycles. The number of aryl methyl sites for hydroxylation is 1. The number of rotatable bonds is 6. The molecule has 0 radical (unpaired) electrons. The highest BCUT2D eigenvalue weighted by atomic mass is 32.1. The zero-order chi connectivity index (χ0) is 14.4. The van der Waals surface area contributed by atoms with Gasteiger partial charge in [-0.05, 0) is 56.2 Å². The van der Waals surface area contributed by atoms with Gasteiger partial charge in [0.15, 0.2) is 0 Å². The Balaban J connectivity index is 2.04. The summed E-state index contributed by atoms with van der Waals surface area (Å²) in [5.74, 6) is 0.689. The molecule has 0 saturated carbocycles. The van der Waals surface area contributed by atoms with Gasteiger partial charge in [-0.2, -0.15) is 0 Å². The maximum absolute atomic E-state index is 12.7. The number of carbonyl (C=O) groups is 1. The van der Waals surface area contributed by atoms with Crippen molar-refractivity contribution in [2.24, 2.45) is 5.92 Å². The Morgan fingerprint density at radius 1 is 1.50 bits per heavy atom. The predicted molar refractivity (Wildman–Crippen MR) is 81.1 cm³/mol. The van der Waals surface area contributed by atoms with Crippen LogP contribution in [-0.2, 0) is 6.42 Å². The molecule has 5 nitrogen and oxygen atoms in total. The van der Waals surface area contributed by atoms with Crippen LogP contribution < -0.4 is 5.32 Å². The molecule has 20 heavy (non-hydrogen) atoms. The Labute approximate surface area is 124 Å². The van der Waals surface area contributed by atoms with Crippen molar-refractivity contribution in [1.29, 1.82) is 0 Å². The van der Waals surface area contributed by atoms with Gasteiger partial charge in [0.2, 0.25) is 0 Å². The smallest absolute Gasteiger partial charge is 0.267 e. The molecule has 1 aliphatic heterocycles. The molecule has 0 spiro atoms. The highest BCUT2D eigenvalue weighted by Gasteiger charge is 2.24. The van der Waals surface area contributed by atoms with Gasteiger partial charge in [-0.3, -0.25) is 4.79 Å². The lowest BCUT2D eigenvalue weighted by atomic mass is 9.99. The summed E-state index contributed by atoms with van der Waals surface area (Å²) in [7, 11) is 0. The molecule has 1 aliphatic rings. The van der Waals surface area contributed by atoms with Gasteiger partial charge in [-0.25, -0.2) is 0 Å². The molecule has 1 amide bonds. The zero-order valence-corrected chi connectivity index (χ0v) is 13.2. The lowest BCUT2D eigenvalue weighted by molar-refractivity contribution is 0.0722. The molecule has 1 unspecified atom stereocenters. The number of hydrogen-bond donors (Lipinski definition) is 1. The monoisotopic (exact) mass is 296 g/mol. The van der Waals surface area contributed by atoms with Gasteiger partial charge in [0, 0.05) is 13.1 Å². The molecule has 1 atom stereocenters. The SMILES string of the molecule is CCCN(CC1CCCNC1)C(=O)c1snnc1CC. The second-order valence-electron chi connectivity index (χ2n) is 5.37. The van der Waals surface area contributed by atoms with E-state index in [9.17, 15) is 4.79 Å². The average molecular weight is 296 g/mol. The minimum absolute atomic E-state index is 0.115. The maximum Gasteiger partial charge on any atom is 0.267 e. The normalized spacial score (nSPS) is 19.0. The van der Waals surface area contributed by atoms with Crippen molar-refractivity contribution in [1.82, 2.24) is 19.8 Å². The van der Waals surface area contributed by atoms with E-state index in [-0.39, 0.29) is 5.91 Å². The summed E-state index contributed by atoms with van der Waals surface area (Å²) in [5.41, 5.74) is 0.836. The van der Waals surface area contributed by atoms with Crippen molar-refractivity contribution >= 4 is 17.4 Å². The van der Waals surface area contributed by atoms with E-state index >= 15 is 0 Å². The molecule has 1 fully saturated rings. The van der Waals surface area contributed by atoms with E-state index in [1.54, 1.807) is 0 Å². The first-order valence-electron chi connectivity index (χ1n) is 7.57. The number of aromatic nitrogens is 2. The number of piperidine rings is 1. The van der Waals surface area contributed by atoms with E-state index < -0.39 is 0 Å². The molecule has 112 valence electrons. The van der Waals surface area contributed by atoms with Gasteiger partial charge < -0.3 is 10.2 Å². The number of hydrogen-bond acceptors (Lipinski definition) is 5. The molecular formula is C14H24N4OS. The Bertz CT molecular complexity index is 429. The summed E-state index contributed by atoms with van der Waals surface area (Å²) in [5, 5.41) is 7.47. The summed E-state index contributed by atoms with van der Waals surface area (Å²) >= 11 is 1.23. The van der Waals surface area contributed by atoms with Crippen LogP contribution in [-0.4, -0.2) is 46.6 Å². The standard InChI is InChI=1S/C14H24N4OS/c1-3-8-18(10-11-6-5-7-15-9-11)14(19)13-12(4-2)16-17-20-13/h11,15H,3-10H2,1-2H3. The lowest BCUT2D eigenvalue weighted by Gasteiger charge is -2.29. The molecular weight excluding hydrogens is 272 g/mol. The third kappa shape index (κ3) is 3.76. The van der Waals surface area contributed by atoms with Gasteiger partial charge in [0.1, 0.15) is 4.88 Å². The third-order valence-corrected chi connectivity index (χ3v) is 4.50. The molecule has 2 rings (SSSR count). The van der Waals surface area contributed by atoms with Crippen LogP contribution in [0.25, 0.3) is 0 Å². The number of nitrogens with one attached hydrogen (secondary N) is 1. The Hall–Kier alpha value is -1.01. The lowest BCUT2D eigenvalue weighted by Crippen LogP contribution is -2.41. The average Bonchev–Trinajstić information content (AvgIpc) is 2.95. The summed E-state index contributed by atoms with van der Waals surface area (Å²) < 4.78 is 3.94. The van der Waals surface area contributed by atoms with E-state index in [1.165, 1.54) is 24.4 Å². The minimum Gasteiger partial charge on any atom is -0.338 e. The van der Waals surface area contributed by atoms with Crippen LogP contribution in [0.2, 0.25) is 0 Å². The van der Waals surface area contributed by atoms with E-state index in [0.29, 0.717) is 5.92 Å². The van der Waals surface area contributed by atoms with Gasteiger partial charge in [0.05, 0.1) is 5.69 Å². The van der Waals surface area contributed by atoms with Gasteiger partial charge in [-0.15, -0.1) is 5.10 Å². The fourth-order valence-corrected chi connectivity index (χ4v) is 3.40. The van der Waals surface area contributed by atoms with Crippen molar-refractivity contribution in [2.45, 2.75) is 39.5 Å². The molecule has 0 aliphatic carbocycles. The molecule has 1 N–H and O–H groups in total. The van der Waals surface area contributed by atoms with E-state index in [0.717, 1.165) is 49.6 Å². The second-order valence-corrected chi connectivity index (χ2v) is 6.12. The Morgan fingerprint density at radius 2 is 2.35 bits per heavy atom. The molecule has 1 saturated heterocycles. The first-order chi connectivity index (χ1) is 9.76. The first kappa shape index (κ1) is 15.4. The summed E-state index contributed by atoms with van der Waals surface area (Å²) in [6, 6.07) is 0. The van der Waals surface area contributed by atoms with Gasteiger partial charge in [0.25, 0.3) is 5.91 Å². The summed E-state index contributed by atoms with van der Waals surface area (Å²) in [6.07, 6.45) is 4.17. The van der Waals surface area contributed by atoms with Crippen LogP contribution in [0.1, 0.15) is 48.5 Å². The number of amides is 1. The van der Waals surface area contributed by atoms with Crippen molar-refractivity contribution in [3.8, 4) is 0 Å². The van der Waals surface area contributed by atoms with Crippen LogP contribution in [0, 0.1) is 5.92 Å². The van der Waals surface area contributed by atoms with Crippen LogP contribution in [0.3, 0.4) is 0 Å². The molecule has 0 bridgehead atoms. The van der Waals surface area contributed by atoms with Crippen molar-refractivity contribution in [3.63, 3.8) is 0 Å². The highest BCUT2D eigenvalue weighted by Crippen LogP contribution is 2.18. The predicted octanol–water partition coefficient (Wildman–Crippen LogP) is 1.95. The maximum atomic E-state index is 12.7. The number of nitrogens with zero attached hydrogens (tertiary/aromatic N) is 3. The fourth-order valence-electron chi connectivity index (χ4n) is 2.68. The molecule has 6 heteroatoms. The Kier molecular flexibility index (Phi) is 5.91. The second kappa shape index (κ2) is 7.69. The molecule has 0 aromatic carbocycles. The highest BCUT2D eigenvalue weighted by molar-refractivity contribution is 7.08. The van der Waals surface area contributed by atoms with E-state index in [2.05, 4.69) is 21.8 Å². The fraction of sp³-hybridized carbons (Fsp3) is 0.786. The van der Waals surface area contributed by atoms with Crippen LogP contribution in [0.15, 0.2) is 0 Å². The van der Waals surface area contributed by atoms with E-state index in [4.69, 9.17) is 0 Å². The van der Waals surface area contributed by atoms with Crippen molar-refractivity contribution < 1.29 is 4.79 Å². The molecule has 1 aromatic rings. The zero-order valence-electron chi connectivity index (χ0n) is 12.4.